The summed E-state index contributed by atoms with van der Waals surface area (Å²) in [6.45, 7) is 0. The molecule has 0 saturated carbocycles. The molecule has 0 radical (unpaired) electrons. The van der Waals surface area contributed by atoms with Crippen LogP contribution in [0.25, 0.3) is 12.2 Å². The Balaban J connectivity index is 1.69. The Kier molecular flexibility index (Phi) is 2.78. The third-order valence-corrected chi connectivity index (χ3v) is 4.91. The second-order valence-electron chi connectivity index (χ2n) is 5.47. The molecule has 4 rings (SSSR count). The highest BCUT2D eigenvalue weighted by molar-refractivity contribution is 6.22. The lowest BCUT2D eigenvalue weighted by molar-refractivity contribution is 0.697. The molecule has 0 bridgehead atoms. The molecule has 0 N–H and O–H groups in total. The molecule has 0 heterocycles. The van der Waals surface area contributed by atoms with Crippen molar-refractivity contribution in [3.8, 4) is 0 Å². The second kappa shape index (κ2) is 4.64. The summed E-state index contributed by atoms with van der Waals surface area (Å²) in [5.41, 5.74) is 5.31. The minimum Gasteiger partial charge on any atom is -0.121 e. The normalized spacial score (nSPS) is 23.6. The zero-order valence-electron chi connectivity index (χ0n) is 11.0. The first-order valence-corrected chi connectivity index (χ1v) is 7.46. The zero-order valence-corrected chi connectivity index (χ0v) is 11.8. The van der Waals surface area contributed by atoms with Gasteiger partial charge in [-0.05, 0) is 22.3 Å². The fourth-order valence-electron chi connectivity index (χ4n) is 3.33. The fraction of sp³-hybridized carbons (Fsp3) is 0.158. The van der Waals surface area contributed by atoms with E-state index in [1.807, 2.05) is 0 Å². The van der Waals surface area contributed by atoms with Gasteiger partial charge in [-0.25, -0.2) is 0 Å². The molecule has 2 aromatic rings. The number of hydrogen-bond acceptors (Lipinski definition) is 0. The summed E-state index contributed by atoms with van der Waals surface area (Å²) in [7, 11) is 0. The molecule has 0 aromatic heterocycles. The minimum atomic E-state index is 0.0646. The van der Waals surface area contributed by atoms with Gasteiger partial charge in [0.25, 0.3) is 0 Å². The van der Waals surface area contributed by atoms with E-state index in [0.717, 1.165) is 0 Å². The van der Waals surface area contributed by atoms with Gasteiger partial charge in [0.15, 0.2) is 0 Å². The molecule has 0 amide bonds. The molecule has 0 nitrogen and oxygen atoms in total. The summed E-state index contributed by atoms with van der Waals surface area (Å²) in [6, 6.07) is 17.1. The van der Waals surface area contributed by atoms with Gasteiger partial charge in [0.05, 0.1) is 5.38 Å². The molecular weight excluding hydrogens is 264 g/mol. The van der Waals surface area contributed by atoms with Gasteiger partial charge in [0, 0.05) is 11.8 Å². The molecule has 2 atom stereocenters. The standard InChI is InChI=1S/C19H15Cl/c20-19(17-11-9-13-5-1-3-7-15(13)17)18-12-10-14-6-2-4-8-16(14)18/h1-12,17-19H. The van der Waals surface area contributed by atoms with Crippen LogP contribution in [0, 0.1) is 0 Å². The van der Waals surface area contributed by atoms with E-state index in [9.17, 15) is 0 Å². The summed E-state index contributed by atoms with van der Waals surface area (Å²) >= 11 is 6.85. The molecule has 1 heteroatoms. The van der Waals surface area contributed by atoms with E-state index in [0.29, 0.717) is 11.8 Å². The molecule has 0 aliphatic heterocycles. The monoisotopic (exact) mass is 278 g/mol. The van der Waals surface area contributed by atoms with Crippen LogP contribution in [0.1, 0.15) is 34.1 Å². The maximum Gasteiger partial charge on any atom is 0.0543 e. The predicted molar refractivity (Wildman–Crippen MR) is 86.1 cm³/mol. The molecule has 0 saturated heterocycles. The van der Waals surface area contributed by atoms with Gasteiger partial charge in [0.1, 0.15) is 0 Å². The van der Waals surface area contributed by atoms with Crippen molar-refractivity contribution in [1.29, 1.82) is 0 Å². The topological polar surface area (TPSA) is 0 Å². The third-order valence-electron chi connectivity index (χ3n) is 4.36. The lowest BCUT2D eigenvalue weighted by atomic mass is 9.87. The van der Waals surface area contributed by atoms with Crippen molar-refractivity contribution < 1.29 is 0 Å². The Morgan fingerprint density at radius 3 is 1.65 bits per heavy atom. The average Bonchev–Trinajstić information content (AvgIpc) is 3.11. The molecule has 98 valence electrons. The quantitative estimate of drug-likeness (QED) is 0.661. The number of allylic oxidation sites excluding steroid dienone is 2. The maximum absolute atomic E-state index is 6.85. The van der Waals surface area contributed by atoms with Crippen molar-refractivity contribution >= 4 is 23.8 Å². The highest BCUT2D eigenvalue weighted by Gasteiger charge is 2.32. The van der Waals surface area contributed by atoms with Crippen LogP contribution < -0.4 is 0 Å². The summed E-state index contributed by atoms with van der Waals surface area (Å²) in [6.07, 6.45) is 8.88. The number of fused-ring (bicyclic) bond motifs is 2. The molecule has 2 unspecified atom stereocenters. The number of rotatable bonds is 2. The van der Waals surface area contributed by atoms with Crippen molar-refractivity contribution in [1.82, 2.24) is 0 Å². The van der Waals surface area contributed by atoms with Crippen LogP contribution in [0.15, 0.2) is 60.7 Å². The molecule has 0 spiro atoms. The lowest BCUT2D eigenvalue weighted by Crippen LogP contribution is -2.17. The van der Waals surface area contributed by atoms with E-state index in [2.05, 4.69) is 72.8 Å². The second-order valence-corrected chi connectivity index (χ2v) is 5.98. The number of benzene rings is 2. The Hall–Kier alpha value is -1.79. The van der Waals surface area contributed by atoms with E-state index >= 15 is 0 Å². The largest absolute Gasteiger partial charge is 0.121 e. The van der Waals surface area contributed by atoms with Gasteiger partial charge in [-0.2, -0.15) is 0 Å². The molecule has 0 fully saturated rings. The van der Waals surface area contributed by atoms with Crippen molar-refractivity contribution in [3.05, 3.63) is 82.9 Å². The first kappa shape index (κ1) is 12.0. The molecule has 2 aromatic carbocycles. The van der Waals surface area contributed by atoms with Gasteiger partial charge < -0.3 is 0 Å². The van der Waals surface area contributed by atoms with Gasteiger partial charge in [-0.3, -0.25) is 0 Å². The van der Waals surface area contributed by atoms with Crippen molar-refractivity contribution in [2.75, 3.05) is 0 Å². The Bertz CT molecular complexity index is 650. The number of hydrogen-bond donors (Lipinski definition) is 0. The van der Waals surface area contributed by atoms with Crippen LogP contribution in [0.5, 0.6) is 0 Å². The molecule has 20 heavy (non-hydrogen) atoms. The SMILES string of the molecule is ClC(C1C=Cc2ccccc21)C1C=Cc2ccccc21. The van der Waals surface area contributed by atoms with Gasteiger partial charge >= 0.3 is 0 Å². The van der Waals surface area contributed by atoms with Crippen LogP contribution in [-0.2, 0) is 0 Å². The third kappa shape index (κ3) is 1.76. The molecular formula is C19H15Cl. The first-order chi connectivity index (χ1) is 9.84. The van der Waals surface area contributed by atoms with Crippen LogP contribution in [0.2, 0.25) is 0 Å². The van der Waals surface area contributed by atoms with Crippen LogP contribution >= 0.6 is 11.6 Å². The van der Waals surface area contributed by atoms with Crippen molar-refractivity contribution in [3.63, 3.8) is 0 Å². The van der Waals surface area contributed by atoms with E-state index in [1.54, 1.807) is 0 Å². The van der Waals surface area contributed by atoms with Crippen molar-refractivity contribution in [2.45, 2.75) is 17.2 Å². The summed E-state index contributed by atoms with van der Waals surface area (Å²) in [5, 5.41) is 0.0646. The first-order valence-electron chi connectivity index (χ1n) is 7.03. The zero-order chi connectivity index (χ0) is 13.5. The highest BCUT2D eigenvalue weighted by Crippen LogP contribution is 2.44. The molecule has 2 aliphatic rings. The molecule has 2 aliphatic carbocycles. The van der Waals surface area contributed by atoms with Gasteiger partial charge in [-0.1, -0.05) is 72.8 Å². The maximum atomic E-state index is 6.85. The Morgan fingerprint density at radius 1 is 0.700 bits per heavy atom. The van der Waals surface area contributed by atoms with E-state index in [1.165, 1.54) is 22.3 Å². The van der Waals surface area contributed by atoms with Crippen LogP contribution in [-0.4, -0.2) is 5.38 Å². The highest BCUT2D eigenvalue weighted by atomic mass is 35.5. The van der Waals surface area contributed by atoms with E-state index < -0.39 is 0 Å². The predicted octanol–water partition coefficient (Wildman–Crippen LogP) is 5.22. The minimum absolute atomic E-state index is 0.0646. The average molecular weight is 279 g/mol. The number of alkyl halides is 1. The summed E-state index contributed by atoms with van der Waals surface area (Å²) in [5.74, 6) is 0.599. The Labute approximate surface area is 124 Å². The Morgan fingerprint density at radius 2 is 1.15 bits per heavy atom. The van der Waals surface area contributed by atoms with Gasteiger partial charge in [0.2, 0.25) is 0 Å². The smallest absolute Gasteiger partial charge is 0.0543 e. The van der Waals surface area contributed by atoms with Gasteiger partial charge in [-0.15, -0.1) is 11.6 Å². The van der Waals surface area contributed by atoms with Crippen LogP contribution in [0.3, 0.4) is 0 Å². The fourth-order valence-corrected chi connectivity index (χ4v) is 3.77. The van der Waals surface area contributed by atoms with E-state index in [-0.39, 0.29) is 5.38 Å². The summed E-state index contributed by atoms with van der Waals surface area (Å²) in [4.78, 5) is 0. The lowest BCUT2D eigenvalue weighted by Gasteiger charge is -2.23. The number of halogens is 1. The van der Waals surface area contributed by atoms with Crippen molar-refractivity contribution in [2.24, 2.45) is 0 Å². The van der Waals surface area contributed by atoms with E-state index in [4.69, 9.17) is 11.6 Å². The summed E-state index contributed by atoms with van der Waals surface area (Å²) < 4.78 is 0. The van der Waals surface area contributed by atoms with Crippen LogP contribution in [0.4, 0.5) is 0 Å².